The van der Waals surface area contributed by atoms with E-state index in [1.807, 2.05) is 0 Å². The van der Waals surface area contributed by atoms with Gasteiger partial charge in [0.25, 0.3) is 0 Å². The molecule has 13 heavy (non-hydrogen) atoms. The molecule has 4 heteroatoms. The molecule has 0 amide bonds. The van der Waals surface area contributed by atoms with Crippen LogP contribution >= 0.6 is 27.9 Å². The predicted molar refractivity (Wildman–Crippen MR) is 55.2 cm³/mol. The van der Waals surface area contributed by atoms with Gasteiger partial charge in [-0.05, 0) is 19.3 Å². The number of allylic oxidation sites excluding steroid dienone is 4. The van der Waals surface area contributed by atoms with Gasteiger partial charge in [-0.25, -0.2) is 0 Å². The molecule has 0 bridgehead atoms. The van der Waals surface area contributed by atoms with E-state index in [1.165, 1.54) is 11.8 Å². The number of fused-ring (bicyclic) bond motifs is 1. The average molecular weight is 269 g/mol. The first-order valence-electron chi connectivity index (χ1n) is 3.64. The second-order valence-electron chi connectivity index (χ2n) is 2.37. The van der Waals surface area contributed by atoms with Crippen LogP contribution in [0.5, 0.6) is 0 Å². The molecule has 0 N–H and O–H groups in total. The van der Waals surface area contributed by atoms with Crippen LogP contribution in [0.25, 0.3) is 0 Å². The third kappa shape index (κ3) is 4.90. The first kappa shape index (κ1) is 12.1. The summed E-state index contributed by atoms with van der Waals surface area (Å²) in [5.41, 5.74) is 0. The molecule has 0 aromatic carbocycles. The molecule has 0 heterocycles. The van der Waals surface area contributed by atoms with E-state index < -0.39 is 14.7 Å². The van der Waals surface area contributed by atoms with E-state index in [9.17, 15) is 0 Å². The Hall–Kier alpha value is 1.06. The van der Waals surface area contributed by atoms with Crippen LogP contribution in [0.1, 0.15) is 0 Å². The fourth-order valence-corrected chi connectivity index (χ4v) is 1.07. The minimum absolute atomic E-state index is 1.33. The summed E-state index contributed by atoms with van der Waals surface area (Å²) in [6, 6.07) is 0. The molecule has 2 aliphatic carbocycles. The van der Waals surface area contributed by atoms with Crippen LogP contribution in [0.15, 0.2) is 24.3 Å². The van der Waals surface area contributed by atoms with Crippen molar-refractivity contribution in [3.63, 3.8) is 0 Å². The van der Waals surface area contributed by atoms with E-state index in [0.29, 0.717) is 0 Å². The third-order valence-corrected chi connectivity index (χ3v) is 1.55. The van der Waals surface area contributed by atoms with Crippen LogP contribution in [0.2, 0.25) is 0 Å². The van der Waals surface area contributed by atoms with Gasteiger partial charge in [-0.15, -0.1) is 0 Å². The SMILES string of the molecule is [CH]1[CH][C]2C=CC=C[C]2[CH]1.[Cl][Ti+]([Cl])[Cl]. The van der Waals surface area contributed by atoms with Crippen molar-refractivity contribution < 1.29 is 14.7 Å². The van der Waals surface area contributed by atoms with Gasteiger partial charge < -0.3 is 0 Å². The Labute approximate surface area is 97.4 Å². The van der Waals surface area contributed by atoms with Gasteiger partial charge in [-0.2, -0.15) is 0 Å². The molecule has 0 saturated heterocycles. The van der Waals surface area contributed by atoms with E-state index in [1.54, 1.807) is 0 Å². The molecular weight excluding hydrogens is 262 g/mol. The summed E-state index contributed by atoms with van der Waals surface area (Å²) in [6.45, 7) is 0. The van der Waals surface area contributed by atoms with Crippen LogP contribution < -0.4 is 0 Å². The third-order valence-electron chi connectivity index (χ3n) is 1.55. The Kier molecular flexibility index (Phi) is 6.10. The molecule has 0 atom stereocenters. The molecule has 2 aliphatic rings. The number of hydrogen-bond donors (Lipinski definition) is 0. The average Bonchev–Trinajstić information content (AvgIpc) is 2.49. The standard InChI is InChI=1S/C9H7.3ClH.Ti/c1-2-5-9-7-3-6-8(9)4-1;;;;/h1-7H;3*1H;/q;;;;+4/p-3. The first-order chi connectivity index (χ1) is 6.20. The Bertz CT molecular complexity index is 180. The Balaban J connectivity index is 0.000000184. The van der Waals surface area contributed by atoms with Crippen molar-refractivity contribution in [2.75, 3.05) is 0 Å². The second-order valence-corrected chi connectivity index (χ2v) is 10.1. The van der Waals surface area contributed by atoms with E-state index in [-0.39, 0.29) is 0 Å². The molecular formula is C9H7Cl3Ti+. The molecule has 0 spiro atoms. The van der Waals surface area contributed by atoms with E-state index in [2.05, 4.69) is 43.6 Å². The topological polar surface area (TPSA) is 0 Å². The molecule has 2 rings (SSSR count). The van der Waals surface area contributed by atoms with Crippen LogP contribution in [0.4, 0.5) is 0 Å². The van der Waals surface area contributed by atoms with Crippen molar-refractivity contribution in [3.8, 4) is 0 Å². The van der Waals surface area contributed by atoms with Crippen molar-refractivity contribution in [3.05, 3.63) is 55.4 Å². The molecule has 1 fully saturated rings. The van der Waals surface area contributed by atoms with Crippen molar-refractivity contribution in [2.45, 2.75) is 0 Å². The predicted octanol–water partition coefficient (Wildman–Crippen LogP) is 3.95. The number of hydrogen-bond acceptors (Lipinski definition) is 0. The van der Waals surface area contributed by atoms with Gasteiger partial charge in [0, 0.05) is 11.8 Å². The molecule has 0 aromatic heterocycles. The van der Waals surface area contributed by atoms with Gasteiger partial charge in [-0.3, -0.25) is 0 Å². The fourth-order valence-electron chi connectivity index (χ4n) is 1.07. The van der Waals surface area contributed by atoms with E-state index >= 15 is 0 Å². The minimum atomic E-state index is -1.92. The molecule has 0 nitrogen and oxygen atoms in total. The van der Waals surface area contributed by atoms with Gasteiger partial charge in [-0.1, -0.05) is 24.3 Å². The summed E-state index contributed by atoms with van der Waals surface area (Å²) in [6.07, 6.45) is 14.7. The van der Waals surface area contributed by atoms with Gasteiger partial charge in [0.1, 0.15) is 0 Å². The molecule has 67 valence electrons. The zero-order valence-electron chi connectivity index (χ0n) is 6.68. The summed E-state index contributed by atoms with van der Waals surface area (Å²) in [5.74, 6) is 2.66. The normalized spacial score (nSPS) is 20.8. The molecule has 1 saturated carbocycles. The summed E-state index contributed by atoms with van der Waals surface area (Å²) < 4.78 is 0. The van der Waals surface area contributed by atoms with Crippen molar-refractivity contribution in [1.29, 1.82) is 0 Å². The van der Waals surface area contributed by atoms with Crippen LogP contribution in [-0.2, 0) is 14.7 Å². The van der Waals surface area contributed by atoms with Crippen LogP contribution in [0.3, 0.4) is 0 Å². The zero-order chi connectivity index (χ0) is 9.68. The maximum atomic E-state index is 4.97. The zero-order valence-corrected chi connectivity index (χ0v) is 10.5. The number of rotatable bonds is 0. The Morgan fingerprint density at radius 2 is 1.23 bits per heavy atom. The van der Waals surface area contributed by atoms with Gasteiger partial charge in [0.15, 0.2) is 0 Å². The number of halogens is 3. The van der Waals surface area contributed by atoms with Gasteiger partial charge in [0.05, 0.1) is 0 Å². The molecule has 5 radical (unpaired) electrons. The van der Waals surface area contributed by atoms with Crippen molar-refractivity contribution in [1.82, 2.24) is 0 Å². The summed E-state index contributed by atoms with van der Waals surface area (Å²) in [5, 5.41) is 0. The van der Waals surface area contributed by atoms with E-state index in [4.69, 9.17) is 27.9 Å². The van der Waals surface area contributed by atoms with E-state index in [0.717, 1.165) is 0 Å². The molecule has 0 aromatic rings. The van der Waals surface area contributed by atoms with Crippen LogP contribution in [0, 0.1) is 31.1 Å². The molecule has 0 aliphatic heterocycles. The Morgan fingerprint density at radius 3 is 1.62 bits per heavy atom. The monoisotopic (exact) mass is 268 g/mol. The Morgan fingerprint density at radius 1 is 0.846 bits per heavy atom. The van der Waals surface area contributed by atoms with Crippen molar-refractivity contribution in [2.24, 2.45) is 0 Å². The van der Waals surface area contributed by atoms with Gasteiger partial charge in [0.2, 0.25) is 0 Å². The first-order valence-corrected chi connectivity index (χ1v) is 10.1. The maximum absolute atomic E-state index is 4.97. The second kappa shape index (κ2) is 6.53. The van der Waals surface area contributed by atoms with Crippen LogP contribution in [-0.4, -0.2) is 0 Å². The quantitative estimate of drug-likeness (QED) is 0.584. The fraction of sp³-hybridized carbons (Fsp3) is 0. The summed E-state index contributed by atoms with van der Waals surface area (Å²) in [4.78, 5) is 0. The summed E-state index contributed by atoms with van der Waals surface area (Å²) in [7, 11) is 14.9. The molecule has 0 unspecified atom stereocenters. The van der Waals surface area contributed by atoms with Gasteiger partial charge >= 0.3 is 42.6 Å². The summed E-state index contributed by atoms with van der Waals surface area (Å²) >= 11 is -1.92. The van der Waals surface area contributed by atoms with Crippen molar-refractivity contribution >= 4 is 27.9 Å².